The topological polar surface area (TPSA) is 110 Å². The number of hydrogen-bond donors (Lipinski definition) is 2. The Morgan fingerprint density at radius 3 is 2.71 bits per heavy atom. The van der Waals surface area contributed by atoms with E-state index in [1.54, 1.807) is 0 Å². The first kappa shape index (κ1) is 15.6. The molecule has 0 bridgehead atoms. The molecule has 0 aliphatic carbocycles. The van der Waals surface area contributed by atoms with Crippen molar-refractivity contribution >= 4 is 40.9 Å². The SMILES string of the molecule is O=C(NC1(C(=O)O)CCSC1)c1cccc(Cl)c1[N+](=O)[O-]. The summed E-state index contributed by atoms with van der Waals surface area (Å²) in [6.45, 7) is 0. The number of benzene rings is 1. The second-order valence-corrected chi connectivity index (χ2v) is 6.05. The van der Waals surface area contributed by atoms with E-state index in [2.05, 4.69) is 5.32 Å². The molecule has 2 rings (SSSR count). The molecule has 1 atom stereocenters. The lowest BCUT2D eigenvalue weighted by molar-refractivity contribution is -0.385. The van der Waals surface area contributed by atoms with Gasteiger partial charge in [-0.05, 0) is 24.3 Å². The third-order valence-electron chi connectivity index (χ3n) is 3.20. The summed E-state index contributed by atoms with van der Waals surface area (Å²) in [5.74, 6) is -1.13. The third-order valence-corrected chi connectivity index (χ3v) is 4.69. The number of nitrogens with one attached hydrogen (secondary N) is 1. The number of aliphatic carboxylic acids is 1. The first-order valence-corrected chi connectivity index (χ1v) is 7.47. The number of carbonyl (C=O) groups excluding carboxylic acids is 1. The zero-order chi connectivity index (χ0) is 15.6. The zero-order valence-electron chi connectivity index (χ0n) is 10.7. The summed E-state index contributed by atoms with van der Waals surface area (Å²) >= 11 is 7.14. The van der Waals surface area contributed by atoms with Gasteiger partial charge < -0.3 is 10.4 Å². The van der Waals surface area contributed by atoms with Crippen LogP contribution in [0.15, 0.2) is 18.2 Å². The highest BCUT2D eigenvalue weighted by molar-refractivity contribution is 7.99. The van der Waals surface area contributed by atoms with Gasteiger partial charge in [0.25, 0.3) is 5.91 Å². The Morgan fingerprint density at radius 2 is 2.19 bits per heavy atom. The Labute approximate surface area is 128 Å². The molecule has 0 spiro atoms. The Kier molecular flexibility index (Phi) is 4.38. The summed E-state index contributed by atoms with van der Waals surface area (Å²) in [4.78, 5) is 33.9. The zero-order valence-corrected chi connectivity index (χ0v) is 12.2. The van der Waals surface area contributed by atoms with Crippen molar-refractivity contribution in [1.82, 2.24) is 5.32 Å². The molecule has 1 heterocycles. The van der Waals surface area contributed by atoms with Gasteiger partial charge in [0.2, 0.25) is 0 Å². The fourth-order valence-electron chi connectivity index (χ4n) is 2.05. The largest absolute Gasteiger partial charge is 0.479 e. The maximum atomic E-state index is 12.2. The van der Waals surface area contributed by atoms with Crippen molar-refractivity contribution in [3.8, 4) is 0 Å². The van der Waals surface area contributed by atoms with Crippen LogP contribution < -0.4 is 5.32 Å². The van der Waals surface area contributed by atoms with Crippen molar-refractivity contribution in [3.05, 3.63) is 38.9 Å². The third kappa shape index (κ3) is 2.96. The van der Waals surface area contributed by atoms with Crippen molar-refractivity contribution in [2.75, 3.05) is 11.5 Å². The monoisotopic (exact) mass is 330 g/mol. The smallest absolute Gasteiger partial charge is 0.330 e. The molecule has 1 aliphatic rings. The Hall–Kier alpha value is -1.80. The highest BCUT2D eigenvalue weighted by atomic mass is 35.5. The predicted molar refractivity (Wildman–Crippen MR) is 77.9 cm³/mol. The maximum absolute atomic E-state index is 12.2. The van der Waals surface area contributed by atoms with E-state index in [0.717, 1.165) is 0 Å². The van der Waals surface area contributed by atoms with Gasteiger partial charge in [0, 0.05) is 5.75 Å². The van der Waals surface area contributed by atoms with Gasteiger partial charge in [0.1, 0.15) is 16.1 Å². The van der Waals surface area contributed by atoms with Crippen LogP contribution in [0.4, 0.5) is 5.69 Å². The number of rotatable bonds is 4. The molecule has 1 aromatic rings. The van der Waals surface area contributed by atoms with Crippen LogP contribution in [0.5, 0.6) is 0 Å². The number of thioether (sulfide) groups is 1. The fourth-order valence-corrected chi connectivity index (χ4v) is 3.62. The molecule has 9 heteroatoms. The van der Waals surface area contributed by atoms with E-state index in [1.807, 2.05) is 0 Å². The summed E-state index contributed by atoms with van der Waals surface area (Å²) in [6.07, 6.45) is 0.271. The summed E-state index contributed by atoms with van der Waals surface area (Å²) in [5, 5.41) is 22.6. The molecule has 7 nitrogen and oxygen atoms in total. The number of nitrogens with zero attached hydrogens (tertiary/aromatic N) is 1. The van der Waals surface area contributed by atoms with Crippen LogP contribution in [0.1, 0.15) is 16.8 Å². The van der Waals surface area contributed by atoms with Crippen LogP contribution in [0, 0.1) is 10.1 Å². The lowest BCUT2D eigenvalue weighted by Crippen LogP contribution is -2.54. The highest BCUT2D eigenvalue weighted by Crippen LogP contribution is 2.31. The van der Waals surface area contributed by atoms with Crippen LogP contribution in [0.2, 0.25) is 5.02 Å². The number of nitro groups is 1. The van der Waals surface area contributed by atoms with E-state index in [-0.39, 0.29) is 22.8 Å². The number of amides is 1. The molecule has 112 valence electrons. The molecule has 1 aliphatic heterocycles. The van der Waals surface area contributed by atoms with Crippen molar-refractivity contribution in [2.45, 2.75) is 12.0 Å². The van der Waals surface area contributed by atoms with E-state index < -0.39 is 28.0 Å². The maximum Gasteiger partial charge on any atom is 0.330 e. The van der Waals surface area contributed by atoms with Gasteiger partial charge in [0.15, 0.2) is 0 Å². The van der Waals surface area contributed by atoms with E-state index in [0.29, 0.717) is 5.75 Å². The number of nitro benzene ring substituents is 1. The minimum atomic E-state index is -1.39. The minimum absolute atomic E-state index is 0.169. The molecular weight excluding hydrogens is 320 g/mol. The van der Waals surface area contributed by atoms with E-state index >= 15 is 0 Å². The summed E-state index contributed by atoms with van der Waals surface area (Å²) < 4.78 is 0. The van der Waals surface area contributed by atoms with Crippen LogP contribution in [-0.4, -0.2) is 39.0 Å². The summed E-state index contributed by atoms with van der Waals surface area (Å²) in [6, 6.07) is 3.95. The first-order valence-electron chi connectivity index (χ1n) is 5.94. The van der Waals surface area contributed by atoms with Gasteiger partial charge in [-0.25, -0.2) is 4.79 Å². The standard InChI is InChI=1S/C12H11ClN2O5S/c13-8-3-1-2-7(9(8)15(19)20)10(16)14-12(11(17)18)4-5-21-6-12/h1-3H,4-6H2,(H,14,16)(H,17,18). The van der Waals surface area contributed by atoms with E-state index in [1.165, 1.54) is 30.0 Å². The average molecular weight is 331 g/mol. The second-order valence-electron chi connectivity index (χ2n) is 4.54. The molecule has 0 radical (unpaired) electrons. The molecule has 1 fully saturated rings. The molecule has 1 amide bonds. The van der Waals surface area contributed by atoms with Gasteiger partial charge >= 0.3 is 11.7 Å². The number of para-hydroxylation sites is 1. The van der Waals surface area contributed by atoms with Gasteiger partial charge in [-0.15, -0.1) is 0 Å². The van der Waals surface area contributed by atoms with Crippen LogP contribution in [0.3, 0.4) is 0 Å². The predicted octanol–water partition coefficient (Wildman–Crippen LogP) is 1.94. The molecule has 1 unspecified atom stereocenters. The number of carbonyl (C=O) groups is 2. The molecule has 1 aromatic carbocycles. The first-order chi connectivity index (χ1) is 9.87. The van der Waals surface area contributed by atoms with Crippen molar-refractivity contribution in [2.24, 2.45) is 0 Å². The number of hydrogen-bond acceptors (Lipinski definition) is 5. The Bertz CT molecular complexity index is 616. The quantitative estimate of drug-likeness (QED) is 0.645. The molecule has 0 saturated carbocycles. The number of carboxylic acid groups (broad SMARTS) is 1. The van der Waals surface area contributed by atoms with Crippen molar-refractivity contribution in [1.29, 1.82) is 0 Å². The molecule has 2 N–H and O–H groups in total. The number of halogens is 1. The van der Waals surface area contributed by atoms with Crippen LogP contribution in [0.25, 0.3) is 0 Å². The summed E-state index contributed by atoms with van der Waals surface area (Å²) in [7, 11) is 0. The minimum Gasteiger partial charge on any atom is -0.479 e. The van der Waals surface area contributed by atoms with Crippen LogP contribution in [-0.2, 0) is 4.79 Å². The van der Waals surface area contributed by atoms with E-state index in [9.17, 15) is 24.8 Å². The average Bonchev–Trinajstić information content (AvgIpc) is 2.87. The Morgan fingerprint density at radius 1 is 1.48 bits per heavy atom. The second kappa shape index (κ2) is 5.90. The molecular formula is C12H11ClN2O5S. The van der Waals surface area contributed by atoms with Gasteiger partial charge in [-0.3, -0.25) is 14.9 Å². The van der Waals surface area contributed by atoms with Crippen LogP contribution >= 0.6 is 23.4 Å². The lowest BCUT2D eigenvalue weighted by Gasteiger charge is -2.24. The molecule has 1 saturated heterocycles. The molecule has 0 aromatic heterocycles. The van der Waals surface area contributed by atoms with Crippen molar-refractivity contribution in [3.63, 3.8) is 0 Å². The van der Waals surface area contributed by atoms with E-state index in [4.69, 9.17) is 11.6 Å². The van der Waals surface area contributed by atoms with Crippen molar-refractivity contribution < 1.29 is 19.6 Å². The van der Waals surface area contributed by atoms with Gasteiger partial charge in [0.05, 0.1) is 4.92 Å². The highest BCUT2D eigenvalue weighted by Gasteiger charge is 2.44. The molecule has 21 heavy (non-hydrogen) atoms. The van der Waals surface area contributed by atoms with Gasteiger partial charge in [-0.2, -0.15) is 11.8 Å². The number of carboxylic acids is 1. The lowest BCUT2D eigenvalue weighted by atomic mass is 9.98. The van der Waals surface area contributed by atoms with Gasteiger partial charge in [-0.1, -0.05) is 17.7 Å². The Balaban J connectivity index is 2.35. The normalized spacial score (nSPS) is 21.0. The fraction of sp³-hybridized carbons (Fsp3) is 0.333. The summed E-state index contributed by atoms with van der Waals surface area (Å²) in [5.41, 5.74) is -2.16.